The summed E-state index contributed by atoms with van der Waals surface area (Å²) in [6, 6.07) is 10.0. The Bertz CT molecular complexity index is 1250. The molecule has 2 fully saturated rings. The molecule has 2 saturated heterocycles. The Morgan fingerprint density at radius 1 is 0.706 bits per heavy atom. The lowest BCUT2D eigenvalue weighted by atomic mass is 10.2. The van der Waals surface area contributed by atoms with Gasteiger partial charge in [-0.15, -0.1) is 0 Å². The van der Waals surface area contributed by atoms with Crippen LogP contribution < -0.4 is 5.32 Å². The minimum absolute atomic E-state index is 0.0241. The van der Waals surface area contributed by atoms with E-state index in [1.807, 2.05) is 0 Å². The van der Waals surface area contributed by atoms with E-state index in [-0.39, 0.29) is 20.4 Å². The van der Waals surface area contributed by atoms with Crippen molar-refractivity contribution >= 4 is 43.2 Å². The van der Waals surface area contributed by atoms with Crippen molar-refractivity contribution in [2.45, 2.75) is 48.3 Å². The lowest BCUT2D eigenvalue weighted by Gasteiger charge is -2.20. The molecule has 0 atom stereocenters. The maximum Gasteiger partial charge on any atom is 0.257 e. The van der Waals surface area contributed by atoms with Gasteiger partial charge in [0.15, 0.2) is 0 Å². The van der Waals surface area contributed by atoms with E-state index >= 15 is 0 Å². The number of halogens is 1. The predicted molar refractivity (Wildman–Crippen MR) is 131 cm³/mol. The van der Waals surface area contributed by atoms with Crippen molar-refractivity contribution in [3.8, 4) is 0 Å². The molecule has 0 spiro atoms. The molecule has 34 heavy (non-hydrogen) atoms. The van der Waals surface area contributed by atoms with Crippen LogP contribution in [0, 0.1) is 0 Å². The maximum absolute atomic E-state index is 13.1. The second-order valence-corrected chi connectivity index (χ2v) is 12.8. The zero-order valence-corrected chi connectivity index (χ0v) is 21.1. The fraction of sp³-hybridized carbons (Fsp3) is 0.435. The van der Waals surface area contributed by atoms with Crippen LogP contribution in [0.1, 0.15) is 48.9 Å². The maximum atomic E-state index is 13.1. The van der Waals surface area contributed by atoms with Crippen molar-refractivity contribution in [3.63, 3.8) is 0 Å². The summed E-state index contributed by atoms with van der Waals surface area (Å²) in [5.41, 5.74) is 0.411. The molecule has 1 N–H and O–H groups in total. The average Bonchev–Trinajstić information content (AvgIpc) is 3.23. The van der Waals surface area contributed by atoms with Crippen LogP contribution in [0.2, 0.25) is 5.02 Å². The van der Waals surface area contributed by atoms with Gasteiger partial charge in [-0.25, -0.2) is 16.8 Å². The van der Waals surface area contributed by atoms with Gasteiger partial charge in [0.2, 0.25) is 20.0 Å². The van der Waals surface area contributed by atoms with Gasteiger partial charge in [0.1, 0.15) is 0 Å². The van der Waals surface area contributed by atoms with Crippen LogP contribution in [0.5, 0.6) is 0 Å². The van der Waals surface area contributed by atoms with Crippen molar-refractivity contribution < 1.29 is 21.6 Å². The normalized spacial score (nSPS) is 18.5. The van der Waals surface area contributed by atoms with E-state index in [9.17, 15) is 21.6 Å². The fourth-order valence-corrected chi connectivity index (χ4v) is 7.52. The van der Waals surface area contributed by atoms with Crippen LogP contribution in [-0.4, -0.2) is 57.5 Å². The first-order valence-electron chi connectivity index (χ1n) is 11.4. The largest absolute Gasteiger partial charge is 0.322 e. The zero-order chi connectivity index (χ0) is 24.3. The van der Waals surface area contributed by atoms with Gasteiger partial charge in [-0.05, 0) is 68.1 Å². The SMILES string of the molecule is O=C(Nc1ccc(S(=O)(=O)N2CCCC2)cc1)c1cc(S(=O)(=O)N2CCCCCC2)ccc1Cl. The molecule has 0 aliphatic carbocycles. The minimum Gasteiger partial charge on any atom is -0.322 e. The lowest BCUT2D eigenvalue weighted by Crippen LogP contribution is -2.32. The number of sulfonamides is 2. The third-order valence-corrected chi connectivity index (χ3v) is 10.3. The summed E-state index contributed by atoms with van der Waals surface area (Å²) in [5, 5.41) is 2.80. The van der Waals surface area contributed by atoms with Crippen LogP contribution in [0.4, 0.5) is 5.69 Å². The van der Waals surface area contributed by atoms with Crippen molar-refractivity contribution in [2.75, 3.05) is 31.5 Å². The number of amides is 1. The monoisotopic (exact) mass is 525 g/mol. The van der Waals surface area contributed by atoms with Gasteiger partial charge in [0, 0.05) is 31.9 Å². The summed E-state index contributed by atoms with van der Waals surface area (Å²) >= 11 is 6.22. The molecule has 0 radical (unpaired) electrons. The Morgan fingerprint density at radius 2 is 1.18 bits per heavy atom. The van der Waals surface area contributed by atoms with Crippen molar-refractivity contribution in [2.24, 2.45) is 0 Å². The van der Waals surface area contributed by atoms with E-state index < -0.39 is 26.0 Å². The Kier molecular flexibility index (Phi) is 7.63. The standard InChI is InChI=1S/C23H28ClN3O5S2/c24-22-12-11-20(34(31,32)27-13-3-1-2-4-14-27)17-21(22)23(28)25-18-7-9-19(10-8-18)33(29,30)26-15-5-6-16-26/h7-12,17H,1-6,13-16H2,(H,25,28). The molecule has 2 aliphatic heterocycles. The van der Waals surface area contributed by atoms with Crippen molar-refractivity contribution in [1.82, 2.24) is 8.61 Å². The van der Waals surface area contributed by atoms with E-state index in [4.69, 9.17) is 11.6 Å². The molecule has 4 rings (SSSR count). The Hall–Kier alpha value is -1.98. The molecular formula is C23H28ClN3O5S2. The highest BCUT2D eigenvalue weighted by Crippen LogP contribution is 2.27. The smallest absolute Gasteiger partial charge is 0.257 e. The summed E-state index contributed by atoms with van der Waals surface area (Å²) in [6.45, 7) is 1.93. The summed E-state index contributed by atoms with van der Waals surface area (Å²) in [5.74, 6) is -0.576. The quantitative estimate of drug-likeness (QED) is 0.615. The molecule has 0 bridgehead atoms. The molecule has 2 heterocycles. The lowest BCUT2D eigenvalue weighted by molar-refractivity contribution is 0.102. The highest BCUT2D eigenvalue weighted by molar-refractivity contribution is 7.89. The van der Waals surface area contributed by atoms with E-state index in [1.54, 1.807) is 0 Å². The third-order valence-electron chi connectivity index (χ3n) is 6.20. The number of carbonyl (C=O) groups excluding carboxylic acids is 1. The van der Waals surface area contributed by atoms with Gasteiger partial charge < -0.3 is 5.32 Å². The Labute approximate surface area is 206 Å². The highest BCUT2D eigenvalue weighted by atomic mass is 35.5. The Morgan fingerprint density at radius 3 is 1.74 bits per heavy atom. The molecule has 8 nitrogen and oxygen atoms in total. The predicted octanol–water partition coefficient (Wildman–Crippen LogP) is 3.94. The summed E-state index contributed by atoms with van der Waals surface area (Å²) in [7, 11) is -7.29. The van der Waals surface area contributed by atoms with Gasteiger partial charge in [-0.3, -0.25) is 4.79 Å². The summed E-state index contributed by atoms with van der Waals surface area (Å²) in [6.07, 6.45) is 5.31. The van der Waals surface area contributed by atoms with Gasteiger partial charge >= 0.3 is 0 Å². The third kappa shape index (κ3) is 5.31. The number of rotatable bonds is 6. The second kappa shape index (κ2) is 10.3. The van der Waals surface area contributed by atoms with E-state index in [0.29, 0.717) is 31.9 Å². The fourth-order valence-electron chi connectivity index (χ4n) is 4.26. The van der Waals surface area contributed by atoms with E-state index in [1.165, 1.54) is 51.1 Å². The average molecular weight is 526 g/mol. The zero-order valence-electron chi connectivity index (χ0n) is 18.7. The van der Waals surface area contributed by atoms with E-state index in [0.717, 1.165) is 38.5 Å². The highest BCUT2D eigenvalue weighted by Gasteiger charge is 2.28. The first kappa shape index (κ1) is 25.1. The molecule has 2 aliphatic rings. The van der Waals surface area contributed by atoms with Crippen LogP contribution in [0.3, 0.4) is 0 Å². The number of hydrogen-bond acceptors (Lipinski definition) is 5. The molecule has 0 saturated carbocycles. The second-order valence-electron chi connectivity index (χ2n) is 8.55. The number of carbonyl (C=O) groups is 1. The molecular weight excluding hydrogens is 498 g/mol. The topological polar surface area (TPSA) is 104 Å². The first-order valence-corrected chi connectivity index (χ1v) is 14.7. The van der Waals surface area contributed by atoms with Gasteiger partial charge in [0.25, 0.3) is 5.91 Å². The van der Waals surface area contributed by atoms with Gasteiger partial charge in [-0.2, -0.15) is 8.61 Å². The van der Waals surface area contributed by atoms with Crippen LogP contribution >= 0.6 is 11.6 Å². The molecule has 11 heteroatoms. The van der Waals surface area contributed by atoms with Crippen LogP contribution in [-0.2, 0) is 20.0 Å². The number of nitrogens with one attached hydrogen (secondary N) is 1. The number of anilines is 1. The number of hydrogen-bond donors (Lipinski definition) is 1. The van der Waals surface area contributed by atoms with Crippen LogP contribution in [0.15, 0.2) is 52.3 Å². The molecule has 1 amide bonds. The molecule has 2 aromatic rings. The number of benzene rings is 2. The molecule has 0 unspecified atom stereocenters. The first-order chi connectivity index (χ1) is 16.2. The Balaban J connectivity index is 1.52. The molecule has 0 aromatic heterocycles. The summed E-state index contributed by atoms with van der Waals surface area (Å²) in [4.78, 5) is 13.1. The molecule has 2 aromatic carbocycles. The van der Waals surface area contributed by atoms with Crippen LogP contribution in [0.25, 0.3) is 0 Å². The molecule has 184 valence electrons. The number of nitrogens with zero attached hydrogens (tertiary/aromatic N) is 2. The van der Waals surface area contributed by atoms with Gasteiger partial charge in [-0.1, -0.05) is 24.4 Å². The van der Waals surface area contributed by atoms with E-state index in [2.05, 4.69) is 5.32 Å². The van der Waals surface area contributed by atoms with Crippen molar-refractivity contribution in [1.29, 1.82) is 0 Å². The minimum atomic E-state index is -3.74. The van der Waals surface area contributed by atoms with Crippen molar-refractivity contribution in [3.05, 3.63) is 53.1 Å². The summed E-state index contributed by atoms with van der Waals surface area (Å²) < 4.78 is 54.5. The van der Waals surface area contributed by atoms with Gasteiger partial charge in [0.05, 0.1) is 20.4 Å².